The van der Waals surface area contributed by atoms with Crippen molar-refractivity contribution in [2.24, 2.45) is 0 Å². The van der Waals surface area contributed by atoms with E-state index >= 15 is 0 Å². The zero-order valence-electron chi connectivity index (χ0n) is 10.1. The largest absolute Gasteiger partial charge is 0.491 e. The molecule has 0 atom stereocenters. The normalized spacial score (nSPS) is 14.8. The van der Waals surface area contributed by atoms with Gasteiger partial charge in [0.2, 0.25) is 5.91 Å². The average Bonchev–Trinajstić information content (AvgIpc) is 2.58. The van der Waals surface area contributed by atoms with Crippen LogP contribution in [0.2, 0.25) is 0 Å². The quantitative estimate of drug-likeness (QED) is 0.849. The molecule has 0 radical (unpaired) electrons. The third kappa shape index (κ3) is 2.97. The van der Waals surface area contributed by atoms with Gasteiger partial charge in [0, 0.05) is 12.1 Å². The summed E-state index contributed by atoms with van der Waals surface area (Å²) in [5.41, 5.74) is 1.08. The van der Waals surface area contributed by atoms with Crippen molar-refractivity contribution in [3.63, 3.8) is 0 Å². The van der Waals surface area contributed by atoms with Crippen molar-refractivity contribution in [1.29, 1.82) is 0 Å². The van der Waals surface area contributed by atoms with Gasteiger partial charge in [-0.25, -0.2) is 0 Å². The first kappa shape index (κ1) is 11.9. The second kappa shape index (κ2) is 5.68. The van der Waals surface area contributed by atoms with Crippen LogP contribution in [0.4, 0.5) is 0 Å². The fourth-order valence-corrected chi connectivity index (χ4v) is 1.88. The Hall–Kier alpha value is -1.55. The highest BCUT2D eigenvalue weighted by Crippen LogP contribution is 2.22. The minimum atomic E-state index is 0.132. The topological polar surface area (TPSA) is 41.6 Å². The number of amides is 1. The lowest BCUT2D eigenvalue weighted by Crippen LogP contribution is -2.38. The summed E-state index contributed by atoms with van der Waals surface area (Å²) < 4.78 is 5.62. The summed E-state index contributed by atoms with van der Waals surface area (Å²) in [5.74, 6) is 1.03. The van der Waals surface area contributed by atoms with E-state index in [0.29, 0.717) is 26.2 Å². The van der Waals surface area contributed by atoms with Gasteiger partial charge >= 0.3 is 0 Å². The van der Waals surface area contributed by atoms with E-state index in [-0.39, 0.29) is 5.91 Å². The van der Waals surface area contributed by atoms with Gasteiger partial charge in [0.1, 0.15) is 12.4 Å². The molecule has 0 unspecified atom stereocenters. The lowest BCUT2D eigenvalue weighted by atomic mass is 10.2. The summed E-state index contributed by atoms with van der Waals surface area (Å²) in [6.07, 6.45) is 0. The summed E-state index contributed by atoms with van der Waals surface area (Å²) >= 11 is 0. The lowest BCUT2D eigenvalue weighted by Gasteiger charge is -2.19. The first-order valence-corrected chi connectivity index (χ1v) is 6.00. The van der Waals surface area contributed by atoms with E-state index < -0.39 is 0 Å². The molecule has 0 aromatic heterocycles. The molecule has 1 aromatic rings. The van der Waals surface area contributed by atoms with Crippen LogP contribution in [0, 0.1) is 0 Å². The third-order valence-electron chi connectivity index (χ3n) is 2.83. The molecule has 0 aliphatic carbocycles. The molecular weight excluding hydrogens is 216 g/mol. The molecule has 17 heavy (non-hydrogen) atoms. The Labute approximate surface area is 102 Å². The maximum atomic E-state index is 11.9. The van der Waals surface area contributed by atoms with Crippen molar-refractivity contribution in [2.75, 3.05) is 26.2 Å². The highest BCUT2D eigenvalue weighted by Gasteiger charge is 2.18. The van der Waals surface area contributed by atoms with Crippen molar-refractivity contribution < 1.29 is 9.53 Å². The maximum absolute atomic E-state index is 11.9. The lowest BCUT2D eigenvalue weighted by molar-refractivity contribution is -0.130. The molecule has 0 saturated carbocycles. The number of carbonyl (C=O) groups excluding carboxylic acids is 1. The van der Waals surface area contributed by atoms with E-state index in [1.54, 1.807) is 0 Å². The average molecular weight is 234 g/mol. The van der Waals surface area contributed by atoms with Gasteiger partial charge in [0.05, 0.1) is 13.1 Å². The van der Waals surface area contributed by atoms with Crippen LogP contribution in [-0.2, 0) is 11.3 Å². The summed E-state index contributed by atoms with van der Waals surface area (Å²) in [5, 5.41) is 3.06. The van der Waals surface area contributed by atoms with E-state index in [1.165, 1.54) is 0 Å². The van der Waals surface area contributed by atoms with Crippen LogP contribution in [0.3, 0.4) is 0 Å². The number of nitrogens with zero attached hydrogens (tertiary/aromatic N) is 1. The first-order chi connectivity index (χ1) is 8.31. The van der Waals surface area contributed by atoms with Crippen molar-refractivity contribution in [3.8, 4) is 5.75 Å². The van der Waals surface area contributed by atoms with E-state index in [4.69, 9.17) is 4.74 Å². The standard InChI is InChI=1S/C13H18N2O2/c1-2-14-9-13(16)15-7-8-17-12-6-4-3-5-11(12)10-15/h3-6,14H,2,7-10H2,1H3. The molecule has 0 fully saturated rings. The highest BCUT2D eigenvalue weighted by molar-refractivity contribution is 5.78. The van der Waals surface area contributed by atoms with Gasteiger partial charge in [0.25, 0.3) is 0 Å². The van der Waals surface area contributed by atoms with Crippen LogP contribution in [0.25, 0.3) is 0 Å². The van der Waals surface area contributed by atoms with Crippen LogP contribution in [0.15, 0.2) is 24.3 Å². The Kier molecular flexibility index (Phi) is 3.98. The summed E-state index contributed by atoms with van der Waals surface area (Å²) in [4.78, 5) is 13.8. The van der Waals surface area contributed by atoms with E-state index in [9.17, 15) is 4.79 Å². The minimum Gasteiger partial charge on any atom is -0.491 e. The van der Waals surface area contributed by atoms with Crippen molar-refractivity contribution in [3.05, 3.63) is 29.8 Å². The molecule has 1 aliphatic rings. The molecule has 4 nitrogen and oxygen atoms in total. The monoisotopic (exact) mass is 234 g/mol. The number of likely N-dealkylation sites (N-methyl/N-ethyl adjacent to an activating group) is 1. The second-order valence-corrected chi connectivity index (χ2v) is 4.05. The van der Waals surface area contributed by atoms with Crippen LogP contribution in [0.1, 0.15) is 12.5 Å². The molecule has 0 bridgehead atoms. The maximum Gasteiger partial charge on any atom is 0.236 e. The molecule has 1 aliphatic heterocycles. The minimum absolute atomic E-state index is 0.132. The highest BCUT2D eigenvalue weighted by atomic mass is 16.5. The zero-order valence-corrected chi connectivity index (χ0v) is 10.1. The number of carbonyl (C=O) groups is 1. The molecule has 0 spiro atoms. The summed E-state index contributed by atoms with van der Waals surface area (Å²) in [7, 11) is 0. The second-order valence-electron chi connectivity index (χ2n) is 4.05. The Morgan fingerprint density at radius 1 is 1.47 bits per heavy atom. The Bertz CT molecular complexity index is 393. The van der Waals surface area contributed by atoms with Gasteiger partial charge in [-0.1, -0.05) is 25.1 Å². The molecule has 1 amide bonds. The predicted octanol–water partition coefficient (Wildman–Crippen LogP) is 1.02. The molecule has 4 heteroatoms. The Morgan fingerprint density at radius 2 is 2.29 bits per heavy atom. The molecule has 1 N–H and O–H groups in total. The number of hydrogen-bond acceptors (Lipinski definition) is 3. The van der Waals surface area contributed by atoms with Crippen molar-refractivity contribution in [1.82, 2.24) is 10.2 Å². The number of ether oxygens (including phenoxy) is 1. The molecule has 1 aromatic carbocycles. The van der Waals surface area contributed by atoms with Gasteiger partial charge in [-0.05, 0) is 12.6 Å². The fourth-order valence-electron chi connectivity index (χ4n) is 1.88. The SMILES string of the molecule is CCNCC(=O)N1CCOc2ccccc2C1. The predicted molar refractivity (Wildman–Crippen MR) is 65.9 cm³/mol. The van der Waals surface area contributed by atoms with Crippen LogP contribution in [-0.4, -0.2) is 37.0 Å². The number of para-hydroxylation sites is 1. The van der Waals surface area contributed by atoms with Crippen LogP contribution >= 0.6 is 0 Å². The number of rotatable bonds is 3. The third-order valence-corrected chi connectivity index (χ3v) is 2.83. The number of fused-ring (bicyclic) bond motifs is 1. The van der Waals surface area contributed by atoms with Gasteiger partial charge in [-0.2, -0.15) is 0 Å². The van der Waals surface area contributed by atoms with E-state index in [0.717, 1.165) is 17.9 Å². The molecule has 1 heterocycles. The van der Waals surface area contributed by atoms with Crippen LogP contribution in [0.5, 0.6) is 5.75 Å². The summed E-state index contributed by atoms with van der Waals surface area (Å²) in [6, 6.07) is 7.89. The number of benzene rings is 1. The summed E-state index contributed by atoms with van der Waals surface area (Å²) in [6.45, 7) is 5.06. The van der Waals surface area contributed by atoms with E-state index in [2.05, 4.69) is 5.32 Å². The molecular formula is C13H18N2O2. The van der Waals surface area contributed by atoms with Gasteiger partial charge < -0.3 is 15.0 Å². The van der Waals surface area contributed by atoms with Gasteiger partial charge in [-0.15, -0.1) is 0 Å². The van der Waals surface area contributed by atoms with Crippen LogP contribution < -0.4 is 10.1 Å². The van der Waals surface area contributed by atoms with Gasteiger partial charge in [-0.3, -0.25) is 4.79 Å². The zero-order chi connectivity index (χ0) is 12.1. The first-order valence-electron chi connectivity index (χ1n) is 6.00. The smallest absolute Gasteiger partial charge is 0.236 e. The Morgan fingerprint density at radius 3 is 3.12 bits per heavy atom. The molecule has 0 saturated heterocycles. The van der Waals surface area contributed by atoms with Gasteiger partial charge in [0.15, 0.2) is 0 Å². The number of hydrogen-bond donors (Lipinski definition) is 1. The van der Waals surface area contributed by atoms with Crippen molar-refractivity contribution in [2.45, 2.75) is 13.5 Å². The molecule has 92 valence electrons. The Balaban J connectivity index is 2.05. The van der Waals surface area contributed by atoms with Crippen molar-refractivity contribution >= 4 is 5.91 Å². The van der Waals surface area contributed by atoms with E-state index in [1.807, 2.05) is 36.1 Å². The molecule has 2 rings (SSSR count). The number of nitrogens with one attached hydrogen (secondary N) is 1. The fraction of sp³-hybridized carbons (Fsp3) is 0.462.